The number of rotatable bonds is 6. The highest BCUT2D eigenvalue weighted by molar-refractivity contribution is 7.18. The number of fused-ring (bicyclic) bond motifs is 1. The summed E-state index contributed by atoms with van der Waals surface area (Å²) in [6.45, 7) is 2.77. The minimum atomic E-state index is 0.0335. The molecule has 1 atom stereocenters. The summed E-state index contributed by atoms with van der Waals surface area (Å²) >= 11 is 1.62. The summed E-state index contributed by atoms with van der Waals surface area (Å²) in [5, 5.41) is 6.39. The predicted octanol–water partition coefficient (Wildman–Crippen LogP) is 4.23. The maximum absolute atomic E-state index is 6.28. The Kier molecular flexibility index (Phi) is 5.23. The van der Waals surface area contributed by atoms with E-state index in [-0.39, 0.29) is 6.04 Å². The average molecular weight is 390 g/mol. The third-order valence-corrected chi connectivity index (χ3v) is 5.67. The molecule has 0 radical (unpaired) electrons. The van der Waals surface area contributed by atoms with Crippen LogP contribution in [-0.4, -0.2) is 22.6 Å². The molecule has 0 saturated heterocycles. The van der Waals surface area contributed by atoms with Crippen LogP contribution in [0.1, 0.15) is 11.1 Å². The Morgan fingerprint density at radius 2 is 1.82 bits per heavy atom. The second-order valence-electron chi connectivity index (χ2n) is 7.03. The summed E-state index contributed by atoms with van der Waals surface area (Å²) < 4.78 is 0. The number of hydrogen-bond donors (Lipinski definition) is 3. The van der Waals surface area contributed by atoms with Gasteiger partial charge in [0.15, 0.2) is 5.13 Å². The average Bonchev–Trinajstić information content (AvgIpc) is 3.17. The van der Waals surface area contributed by atoms with E-state index in [2.05, 4.69) is 64.7 Å². The minimum Gasteiger partial charge on any atom is -0.384 e. The predicted molar refractivity (Wildman–Crippen MR) is 119 cm³/mol. The van der Waals surface area contributed by atoms with Crippen LogP contribution in [0.5, 0.6) is 0 Å². The van der Waals surface area contributed by atoms with Gasteiger partial charge in [0.1, 0.15) is 5.82 Å². The van der Waals surface area contributed by atoms with Crippen LogP contribution in [0.2, 0.25) is 0 Å². The van der Waals surface area contributed by atoms with Crippen molar-refractivity contribution < 1.29 is 0 Å². The number of benzene rings is 2. The Bertz CT molecular complexity index is 1090. The van der Waals surface area contributed by atoms with Gasteiger partial charge in [-0.05, 0) is 42.0 Å². The van der Waals surface area contributed by atoms with Gasteiger partial charge >= 0.3 is 0 Å². The van der Waals surface area contributed by atoms with Gasteiger partial charge in [0.05, 0.1) is 4.88 Å². The van der Waals surface area contributed by atoms with Gasteiger partial charge in [0, 0.05) is 30.4 Å². The number of nitrogens with zero attached hydrogens (tertiary/aromatic N) is 2. The number of aromatic nitrogens is 2. The number of anilines is 2. The second kappa shape index (κ2) is 7.96. The monoisotopic (exact) mass is 389 g/mol. The van der Waals surface area contributed by atoms with Gasteiger partial charge in [0.25, 0.3) is 0 Å². The lowest BCUT2D eigenvalue weighted by molar-refractivity contribution is 0.699. The third kappa shape index (κ3) is 4.30. The van der Waals surface area contributed by atoms with Crippen molar-refractivity contribution in [2.45, 2.75) is 19.4 Å². The first-order valence-electron chi connectivity index (χ1n) is 9.23. The summed E-state index contributed by atoms with van der Waals surface area (Å²) in [6.07, 6.45) is 4.53. The van der Waals surface area contributed by atoms with Gasteiger partial charge in [0.2, 0.25) is 0 Å². The molecule has 0 aliphatic rings. The van der Waals surface area contributed by atoms with E-state index in [0.29, 0.717) is 12.4 Å². The van der Waals surface area contributed by atoms with E-state index in [1.807, 2.05) is 12.3 Å². The van der Waals surface area contributed by atoms with E-state index >= 15 is 0 Å². The first-order valence-corrected chi connectivity index (χ1v) is 10.0. The molecular formula is C22H23N5S. The lowest BCUT2D eigenvalue weighted by Crippen LogP contribution is -2.31. The molecule has 2 aromatic heterocycles. The number of aryl methyl sites for hydroxylation is 1. The number of pyridine rings is 1. The molecule has 2 aromatic carbocycles. The number of nitrogen functional groups attached to an aromatic ring is 1. The zero-order valence-corrected chi connectivity index (χ0v) is 16.5. The van der Waals surface area contributed by atoms with Crippen LogP contribution in [0.25, 0.3) is 21.2 Å². The van der Waals surface area contributed by atoms with Crippen molar-refractivity contribution in [1.82, 2.24) is 9.97 Å². The van der Waals surface area contributed by atoms with Crippen molar-refractivity contribution in [3.05, 3.63) is 72.1 Å². The molecule has 142 valence electrons. The summed E-state index contributed by atoms with van der Waals surface area (Å²) in [6, 6.07) is 16.7. The Balaban J connectivity index is 1.40. The topological polar surface area (TPSA) is 89.8 Å². The largest absolute Gasteiger partial charge is 0.384 e. The van der Waals surface area contributed by atoms with Gasteiger partial charge in [-0.3, -0.25) is 0 Å². The fourth-order valence-electron chi connectivity index (χ4n) is 3.12. The smallest absolute Gasteiger partial charge is 0.183 e. The van der Waals surface area contributed by atoms with Crippen molar-refractivity contribution in [2.24, 2.45) is 5.73 Å². The van der Waals surface area contributed by atoms with Crippen LogP contribution >= 0.6 is 11.3 Å². The van der Waals surface area contributed by atoms with E-state index in [1.165, 1.54) is 11.1 Å². The Hall–Kier alpha value is -2.96. The second-order valence-corrected chi connectivity index (χ2v) is 8.06. The zero-order chi connectivity index (χ0) is 19.5. The van der Waals surface area contributed by atoms with Crippen molar-refractivity contribution in [2.75, 3.05) is 17.6 Å². The highest BCUT2D eigenvalue weighted by Crippen LogP contribution is 2.31. The van der Waals surface area contributed by atoms with Crippen molar-refractivity contribution in [3.63, 3.8) is 0 Å². The number of hydrogen-bond acceptors (Lipinski definition) is 6. The molecule has 5 N–H and O–H groups in total. The summed E-state index contributed by atoms with van der Waals surface area (Å²) in [5.41, 5.74) is 15.7. The molecule has 0 aliphatic heterocycles. The molecule has 0 bridgehead atoms. The number of thiazole rings is 1. The third-order valence-electron chi connectivity index (χ3n) is 4.67. The molecule has 0 aliphatic carbocycles. The molecule has 0 spiro atoms. The summed E-state index contributed by atoms with van der Waals surface area (Å²) in [7, 11) is 0. The van der Waals surface area contributed by atoms with Gasteiger partial charge in [-0.1, -0.05) is 53.3 Å². The molecule has 28 heavy (non-hydrogen) atoms. The molecular weight excluding hydrogens is 366 g/mol. The Morgan fingerprint density at radius 1 is 1.00 bits per heavy atom. The SMILES string of the molecule is Cc1ccc(C[C@H](N)CNc2ncc(-c3ccc4cnc(N)cc4c3)s2)cc1. The highest BCUT2D eigenvalue weighted by atomic mass is 32.1. The van der Waals surface area contributed by atoms with E-state index in [4.69, 9.17) is 11.5 Å². The Labute approximate surface area is 168 Å². The van der Waals surface area contributed by atoms with E-state index in [0.717, 1.165) is 32.8 Å². The number of nitrogens with one attached hydrogen (secondary N) is 1. The van der Waals surface area contributed by atoms with Gasteiger partial charge in [-0.25, -0.2) is 9.97 Å². The standard InChI is InChI=1S/C22H23N5S/c1-14-2-4-15(5-3-14)8-19(23)12-26-22-27-13-20(28-22)16-6-7-17-11-25-21(24)10-18(17)9-16/h2-7,9-11,13,19H,8,12,23H2,1H3,(H2,24,25)(H,26,27)/t19-/m0/s1. The molecule has 0 amide bonds. The fraction of sp³-hybridized carbons (Fsp3) is 0.182. The quantitative estimate of drug-likeness (QED) is 0.459. The van der Waals surface area contributed by atoms with Crippen LogP contribution in [-0.2, 0) is 6.42 Å². The molecule has 6 heteroatoms. The van der Waals surface area contributed by atoms with Gasteiger partial charge in [-0.2, -0.15) is 0 Å². The van der Waals surface area contributed by atoms with Gasteiger partial charge in [-0.15, -0.1) is 0 Å². The van der Waals surface area contributed by atoms with Crippen molar-refractivity contribution >= 4 is 33.1 Å². The molecule has 0 saturated carbocycles. The highest BCUT2D eigenvalue weighted by Gasteiger charge is 2.08. The van der Waals surface area contributed by atoms with Gasteiger partial charge < -0.3 is 16.8 Å². The number of nitrogens with two attached hydrogens (primary N) is 2. The maximum Gasteiger partial charge on any atom is 0.183 e. The van der Waals surface area contributed by atoms with Crippen LogP contribution in [0, 0.1) is 6.92 Å². The molecule has 5 nitrogen and oxygen atoms in total. The fourth-order valence-corrected chi connectivity index (χ4v) is 3.94. The van der Waals surface area contributed by atoms with E-state index in [9.17, 15) is 0 Å². The normalized spacial score (nSPS) is 12.2. The van der Waals surface area contributed by atoms with Crippen LogP contribution in [0.4, 0.5) is 10.9 Å². The van der Waals surface area contributed by atoms with E-state index < -0.39 is 0 Å². The molecule has 4 rings (SSSR count). The Morgan fingerprint density at radius 3 is 2.64 bits per heavy atom. The van der Waals surface area contributed by atoms with E-state index in [1.54, 1.807) is 17.5 Å². The maximum atomic E-state index is 6.28. The van der Waals surface area contributed by atoms with Crippen molar-refractivity contribution in [1.29, 1.82) is 0 Å². The molecule has 2 heterocycles. The lowest BCUT2D eigenvalue weighted by Gasteiger charge is -2.12. The van der Waals surface area contributed by atoms with Crippen LogP contribution < -0.4 is 16.8 Å². The molecule has 0 fully saturated rings. The first kappa shape index (κ1) is 18.4. The molecule has 4 aromatic rings. The first-order chi connectivity index (χ1) is 13.6. The van der Waals surface area contributed by atoms with Crippen LogP contribution in [0.15, 0.2) is 60.9 Å². The van der Waals surface area contributed by atoms with Crippen LogP contribution in [0.3, 0.4) is 0 Å². The van der Waals surface area contributed by atoms with Crippen molar-refractivity contribution in [3.8, 4) is 10.4 Å². The lowest BCUT2D eigenvalue weighted by atomic mass is 10.1. The zero-order valence-electron chi connectivity index (χ0n) is 15.7. The summed E-state index contributed by atoms with van der Waals surface area (Å²) in [5.74, 6) is 0.527. The summed E-state index contributed by atoms with van der Waals surface area (Å²) in [4.78, 5) is 9.73. The molecule has 0 unspecified atom stereocenters. The minimum absolute atomic E-state index is 0.0335.